The zero-order valence-electron chi connectivity index (χ0n) is 19.7. The number of alkyl carbamates (subject to hydrolysis) is 1. The minimum Gasteiger partial charge on any atom is -0.445 e. The van der Waals surface area contributed by atoms with Gasteiger partial charge in [0.05, 0.1) is 12.0 Å². The molecule has 0 saturated heterocycles. The average molecular weight is 455 g/mol. The van der Waals surface area contributed by atoms with Crippen molar-refractivity contribution in [3.8, 4) is 0 Å². The number of carbonyl (C=O) groups is 2. The van der Waals surface area contributed by atoms with Gasteiger partial charge >= 0.3 is 6.09 Å². The lowest BCUT2D eigenvalue weighted by atomic mass is 9.78. The van der Waals surface area contributed by atoms with Gasteiger partial charge in [0.25, 0.3) is 0 Å². The summed E-state index contributed by atoms with van der Waals surface area (Å²) in [6, 6.07) is 27.4. The summed E-state index contributed by atoms with van der Waals surface area (Å²) in [5.41, 5.74) is 4.01. The Hall–Kier alpha value is -3.86. The van der Waals surface area contributed by atoms with E-state index in [1.807, 2.05) is 104 Å². The van der Waals surface area contributed by atoms with Crippen molar-refractivity contribution in [2.75, 3.05) is 11.4 Å². The monoisotopic (exact) mass is 454 g/mol. The van der Waals surface area contributed by atoms with Gasteiger partial charge < -0.3 is 15.0 Å². The van der Waals surface area contributed by atoms with Crippen molar-refractivity contribution in [1.29, 1.82) is 0 Å². The molecular formula is C29H30N2O3. The van der Waals surface area contributed by atoms with Crippen LogP contribution in [-0.2, 0) is 28.1 Å². The maximum absolute atomic E-state index is 14.0. The third-order valence-electron chi connectivity index (χ3n) is 6.15. The zero-order chi connectivity index (χ0) is 24.0. The molecule has 0 unspecified atom stereocenters. The molecule has 2 amide bonds. The summed E-state index contributed by atoms with van der Waals surface area (Å²) in [5, 5.41) is 2.88. The second-order valence-corrected chi connectivity index (χ2v) is 8.88. The van der Waals surface area contributed by atoms with Crippen LogP contribution in [0.5, 0.6) is 0 Å². The smallest absolute Gasteiger partial charge is 0.407 e. The van der Waals surface area contributed by atoms with Crippen LogP contribution in [0.3, 0.4) is 0 Å². The van der Waals surface area contributed by atoms with E-state index in [2.05, 4.69) is 11.4 Å². The molecule has 0 fully saturated rings. The SMILES string of the molecule is CC(C)=CC[C@@]1(CNC(=O)OCc2ccccc2)C(=O)N(Cc2ccccc2)c2ccccc21. The second kappa shape index (κ2) is 10.4. The average Bonchev–Trinajstić information content (AvgIpc) is 3.09. The van der Waals surface area contributed by atoms with Gasteiger partial charge in [-0.05, 0) is 43.0 Å². The molecule has 1 N–H and O–H groups in total. The van der Waals surface area contributed by atoms with Crippen LogP contribution in [-0.4, -0.2) is 18.5 Å². The fraction of sp³-hybridized carbons (Fsp3) is 0.241. The maximum atomic E-state index is 14.0. The molecule has 4 rings (SSSR count). The normalized spacial score (nSPS) is 16.6. The van der Waals surface area contributed by atoms with Crippen LogP contribution in [0.4, 0.5) is 10.5 Å². The Morgan fingerprint density at radius 2 is 1.53 bits per heavy atom. The first-order chi connectivity index (χ1) is 16.5. The summed E-state index contributed by atoms with van der Waals surface area (Å²) in [6.07, 6.45) is 2.03. The summed E-state index contributed by atoms with van der Waals surface area (Å²) in [4.78, 5) is 28.4. The van der Waals surface area contributed by atoms with Gasteiger partial charge in [-0.15, -0.1) is 0 Å². The molecule has 3 aromatic carbocycles. The van der Waals surface area contributed by atoms with Crippen LogP contribution in [0.1, 0.15) is 37.0 Å². The van der Waals surface area contributed by atoms with Crippen molar-refractivity contribution >= 4 is 17.7 Å². The Balaban J connectivity index is 1.58. The number of amides is 2. The first kappa shape index (κ1) is 23.3. The van der Waals surface area contributed by atoms with Gasteiger partial charge in [0.15, 0.2) is 0 Å². The molecule has 1 heterocycles. The van der Waals surface area contributed by atoms with Gasteiger partial charge in [-0.1, -0.05) is 90.5 Å². The van der Waals surface area contributed by atoms with Crippen LogP contribution in [0, 0.1) is 0 Å². The van der Waals surface area contributed by atoms with E-state index in [1.54, 1.807) is 0 Å². The van der Waals surface area contributed by atoms with Crippen LogP contribution in [0.25, 0.3) is 0 Å². The van der Waals surface area contributed by atoms with Crippen LogP contribution in [0.2, 0.25) is 0 Å². The highest BCUT2D eigenvalue weighted by Gasteiger charge is 2.50. The molecular weight excluding hydrogens is 424 g/mol. The number of anilines is 1. The highest BCUT2D eigenvalue weighted by molar-refractivity contribution is 6.08. The molecule has 1 aliphatic rings. The lowest BCUT2D eigenvalue weighted by Gasteiger charge is -2.28. The van der Waals surface area contributed by atoms with Gasteiger partial charge in [-0.2, -0.15) is 0 Å². The van der Waals surface area contributed by atoms with Gasteiger partial charge in [0, 0.05) is 12.2 Å². The van der Waals surface area contributed by atoms with Crippen molar-refractivity contribution in [3.05, 3.63) is 113 Å². The molecule has 5 heteroatoms. The van der Waals surface area contributed by atoms with Gasteiger partial charge in [0.2, 0.25) is 5.91 Å². The van der Waals surface area contributed by atoms with E-state index in [0.29, 0.717) is 13.0 Å². The standard InChI is InChI=1S/C29H30N2O3/c1-22(2)17-18-29(21-30-28(33)34-20-24-13-7-4-8-14-24)25-15-9-10-16-26(25)31(27(29)32)19-23-11-5-3-6-12-23/h3-17H,18-21H2,1-2H3,(H,30,33)/t29-/m0/s1. The van der Waals surface area contributed by atoms with Crippen molar-refractivity contribution in [2.24, 2.45) is 0 Å². The third-order valence-corrected chi connectivity index (χ3v) is 6.15. The van der Waals surface area contributed by atoms with Crippen LogP contribution < -0.4 is 10.2 Å². The number of fused-ring (bicyclic) bond motifs is 1. The summed E-state index contributed by atoms with van der Waals surface area (Å²) in [6.45, 7) is 4.85. The quantitative estimate of drug-likeness (QED) is 0.441. The second-order valence-electron chi connectivity index (χ2n) is 8.88. The maximum Gasteiger partial charge on any atom is 0.407 e. The number of nitrogens with one attached hydrogen (secondary N) is 1. The number of para-hydroxylation sites is 1. The number of rotatable bonds is 8. The molecule has 0 radical (unpaired) electrons. The van der Waals surface area contributed by atoms with Crippen LogP contribution >= 0.6 is 0 Å². The molecule has 0 aliphatic carbocycles. The fourth-order valence-electron chi connectivity index (χ4n) is 4.34. The first-order valence-corrected chi connectivity index (χ1v) is 11.5. The minimum atomic E-state index is -0.894. The molecule has 1 aliphatic heterocycles. The van der Waals surface area contributed by atoms with E-state index in [-0.39, 0.29) is 19.1 Å². The molecule has 0 bridgehead atoms. The van der Waals surface area contributed by atoms with Gasteiger partial charge in [0.1, 0.15) is 6.61 Å². The molecule has 0 spiro atoms. The molecule has 34 heavy (non-hydrogen) atoms. The fourth-order valence-corrected chi connectivity index (χ4v) is 4.34. The third kappa shape index (κ3) is 5.04. The number of carbonyl (C=O) groups excluding carboxylic acids is 2. The first-order valence-electron chi connectivity index (χ1n) is 11.5. The summed E-state index contributed by atoms with van der Waals surface area (Å²) in [7, 11) is 0. The predicted molar refractivity (Wildman–Crippen MR) is 134 cm³/mol. The number of allylic oxidation sites excluding steroid dienone is 2. The highest BCUT2D eigenvalue weighted by atomic mass is 16.5. The molecule has 1 atom stereocenters. The Labute approximate surface area is 201 Å². The Morgan fingerprint density at radius 1 is 0.912 bits per heavy atom. The summed E-state index contributed by atoms with van der Waals surface area (Å²) < 4.78 is 5.41. The number of hydrogen-bond acceptors (Lipinski definition) is 3. The molecule has 174 valence electrons. The lowest BCUT2D eigenvalue weighted by Crippen LogP contribution is -2.48. The van der Waals surface area contributed by atoms with Crippen molar-refractivity contribution in [2.45, 2.75) is 38.8 Å². The lowest BCUT2D eigenvalue weighted by molar-refractivity contribution is -0.123. The molecule has 0 saturated carbocycles. The summed E-state index contributed by atoms with van der Waals surface area (Å²) >= 11 is 0. The van der Waals surface area contributed by atoms with E-state index >= 15 is 0 Å². The van der Waals surface area contributed by atoms with E-state index in [0.717, 1.165) is 28.0 Å². The van der Waals surface area contributed by atoms with Crippen molar-refractivity contribution in [1.82, 2.24) is 5.32 Å². The topological polar surface area (TPSA) is 58.6 Å². The number of benzene rings is 3. The van der Waals surface area contributed by atoms with Gasteiger partial charge in [-0.3, -0.25) is 4.79 Å². The van der Waals surface area contributed by atoms with Crippen molar-refractivity contribution < 1.29 is 14.3 Å². The highest BCUT2D eigenvalue weighted by Crippen LogP contribution is 2.45. The number of ether oxygens (including phenoxy) is 1. The van der Waals surface area contributed by atoms with E-state index < -0.39 is 11.5 Å². The molecule has 5 nitrogen and oxygen atoms in total. The Morgan fingerprint density at radius 3 is 2.21 bits per heavy atom. The minimum absolute atomic E-state index is 0.0154. The molecule has 0 aromatic heterocycles. The summed E-state index contributed by atoms with van der Waals surface area (Å²) in [5.74, 6) is -0.0154. The number of nitrogens with zero attached hydrogens (tertiary/aromatic N) is 1. The predicted octanol–water partition coefficient (Wildman–Crippen LogP) is 5.75. The largest absolute Gasteiger partial charge is 0.445 e. The van der Waals surface area contributed by atoms with E-state index in [4.69, 9.17) is 4.74 Å². The Kier molecular flexibility index (Phi) is 7.12. The Bertz CT molecular complexity index is 1170. The zero-order valence-corrected chi connectivity index (χ0v) is 19.7. The van der Waals surface area contributed by atoms with Gasteiger partial charge in [-0.25, -0.2) is 4.79 Å². The molecule has 3 aromatic rings. The van der Waals surface area contributed by atoms with Crippen LogP contribution in [0.15, 0.2) is 96.6 Å². The van der Waals surface area contributed by atoms with Crippen molar-refractivity contribution in [3.63, 3.8) is 0 Å². The van der Waals surface area contributed by atoms with E-state index in [1.165, 1.54) is 0 Å². The van der Waals surface area contributed by atoms with E-state index in [9.17, 15) is 9.59 Å². The number of hydrogen-bond donors (Lipinski definition) is 1.